The molecule has 0 aromatic heterocycles. The van der Waals surface area contributed by atoms with Gasteiger partial charge in [-0.3, -0.25) is 9.59 Å². The van der Waals surface area contributed by atoms with Gasteiger partial charge in [-0.15, -0.1) is 0 Å². The Bertz CT molecular complexity index is 833. The van der Waals surface area contributed by atoms with Crippen LogP contribution in [-0.2, 0) is 14.4 Å². The van der Waals surface area contributed by atoms with Gasteiger partial charge >= 0.3 is 5.97 Å². The Hall–Kier alpha value is -1.86. The highest BCUT2D eigenvalue weighted by atomic mass is 19.1. The summed E-state index contributed by atoms with van der Waals surface area (Å²) in [5, 5.41) is 31.4. The van der Waals surface area contributed by atoms with Crippen molar-refractivity contribution in [3.8, 4) is 0 Å². The van der Waals surface area contributed by atoms with Gasteiger partial charge in [0.05, 0.1) is 6.10 Å². The summed E-state index contributed by atoms with van der Waals surface area (Å²) in [4.78, 5) is 35.4. The van der Waals surface area contributed by atoms with Crippen molar-refractivity contribution in [1.82, 2.24) is 0 Å². The van der Waals surface area contributed by atoms with Crippen LogP contribution in [0.4, 0.5) is 4.39 Å². The molecule has 6 nitrogen and oxygen atoms in total. The van der Waals surface area contributed by atoms with Gasteiger partial charge < -0.3 is 15.3 Å². The number of carboxylic acid groups (broad SMARTS) is 1. The number of Topliss-reactive ketones (excluding diaryl/α,β-unsaturated/α-hetero) is 1. The van der Waals surface area contributed by atoms with Gasteiger partial charge in [0.2, 0.25) is 0 Å². The number of hydrogen-bond donors (Lipinski definition) is 3. The summed E-state index contributed by atoms with van der Waals surface area (Å²) in [6.45, 7) is 3.47. The molecule has 0 spiro atoms. The summed E-state index contributed by atoms with van der Waals surface area (Å²) in [5.74, 6) is -4.22. The number of rotatable bonds is 2. The molecule has 4 rings (SSSR count). The van der Waals surface area contributed by atoms with E-state index in [2.05, 4.69) is 0 Å². The molecule has 0 bridgehead atoms. The molecule has 2 unspecified atom stereocenters. The summed E-state index contributed by atoms with van der Waals surface area (Å²) in [7, 11) is 0. The zero-order valence-corrected chi connectivity index (χ0v) is 15.9. The van der Waals surface area contributed by atoms with Gasteiger partial charge in [0, 0.05) is 16.7 Å². The zero-order chi connectivity index (χ0) is 20.6. The summed E-state index contributed by atoms with van der Waals surface area (Å²) in [5.41, 5.74) is -3.67. The number of aliphatic carboxylic acids is 1. The second kappa shape index (κ2) is 5.83. The third kappa shape index (κ3) is 2.23. The second-order valence-corrected chi connectivity index (χ2v) is 9.34. The molecule has 28 heavy (non-hydrogen) atoms. The summed E-state index contributed by atoms with van der Waals surface area (Å²) >= 11 is 0. The van der Waals surface area contributed by atoms with Crippen LogP contribution in [-0.4, -0.2) is 50.7 Å². The maximum Gasteiger partial charge on any atom is 0.375 e. The maximum atomic E-state index is 15.1. The fourth-order valence-electron chi connectivity index (χ4n) is 6.89. The van der Waals surface area contributed by atoms with Gasteiger partial charge in [-0.05, 0) is 55.2 Å². The highest BCUT2D eigenvalue weighted by Crippen LogP contribution is 2.67. The minimum Gasteiger partial charge on any atom is -0.475 e. The van der Waals surface area contributed by atoms with Crippen LogP contribution in [0.15, 0.2) is 23.8 Å². The van der Waals surface area contributed by atoms with Crippen molar-refractivity contribution in [2.24, 2.45) is 28.6 Å². The molecule has 4 aliphatic rings. The number of ketones is 2. The molecule has 0 aromatic rings. The first-order chi connectivity index (χ1) is 13.0. The van der Waals surface area contributed by atoms with E-state index in [4.69, 9.17) is 0 Å². The number of halogens is 1. The lowest BCUT2D eigenvalue weighted by atomic mass is 9.46. The summed E-state index contributed by atoms with van der Waals surface area (Å²) in [6, 6.07) is 0. The Kier molecular flexibility index (Phi) is 4.05. The van der Waals surface area contributed by atoms with Gasteiger partial charge in [0.15, 0.2) is 5.78 Å². The van der Waals surface area contributed by atoms with Crippen LogP contribution in [0.3, 0.4) is 0 Å². The van der Waals surface area contributed by atoms with Crippen molar-refractivity contribution in [2.75, 3.05) is 0 Å². The molecule has 0 aromatic carbocycles. The molecular weight excluding hydrogens is 367 g/mol. The maximum absolute atomic E-state index is 15.1. The van der Waals surface area contributed by atoms with E-state index < -0.39 is 40.5 Å². The van der Waals surface area contributed by atoms with Crippen molar-refractivity contribution >= 4 is 17.5 Å². The Labute approximate surface area is 162 Å². The smallest absolute Gasteiger partial charge is 0.375 e. The van der Waals surface area contributed by atoms with E-state index >= 15 is 4.39 Å². The normalized spacial score (nSPS) is 49.7. The van der Waals surface area contributed by atoms with Crippen LogP contribution < -0.4 is 0 Å². The molecule has 4 aliphatic carbocycles. The SMILES string of the molecule is C[C@]12C=CC(=O)C=C1C(F)C[C@@H]1[C@@H]2C(O)C[C@@]2(C)[C@H]1CC[C@]2(O)C(=O)C(=O)O. The van der Waals surface area contributed by atoms with Gasteiger partial charge in [0.1, 0.15) is 11.8 Å². The number of carboxylic acids is 1. The van der Waals surface area contributed by atoms with Gasteiger partial charge in [-0.25, -0.2) is 9.18 Å². The highest BCUT2D eigenvalue weighted by Gasteiger charge is 2.69. The first-order valence-electron chi connectivity index (χ1n) is 9.73. The van der Waals surface area contributed by atoms with Crippen LogP contribution in [0.1, 0.15) is 39.5 Å². The number of allylic oxidation sites excluding steroid dienone is 4. The lowest BCUT2D eigenvalue weighted by molar-refractivity contribution is -0.185. The topological polar surface area (TPSA) is 112 Å². The molecule has 3 N–H and O–H groups in total. The monoisotopic (exact) mass is 392 g/mol. The van der Waals surface area contributed by atoms with Crippen molar-refractivity contribution in [3.05, 3.63) is 23.8 Å². The minimum absolute atomic E-state index is 0.0140. The summed E-state index contributed by atoms with van der Waals surface area (Å²) in [6.07, 6.45) is 2.58. The Morgan fingerprint density at radius 1 is 1.29 bits per heavy atom. The first-order valence-corrected chi connectivity index (χ1v) is 9.73. The third-order valence-corrected chi connectivity index (χ3v) is 8.20. The molecule has 0 heterocycles. The number of hydrogen-bond acceptors (Lipinski definition) is 5. The molecule has 3 saturated carbocycles. The average Bonchev–Trinajstić information content (AvgIpc) is 2.87. The molecule has 0 radical (unpaired) electrons. The van der Waals surface area contributed by atoms with Crippen molar-refractivity contribution in [3.63, 3.8) is 0 Å². The molecule has 152 valence electrons. The molecule has 7 heteroatoms. The van der Waals surface area contributed by atoms with Crippen LogP contribution in [0, 0.1) is 28.6 Å². The van der Waals surface area contributed by atoms with E-state index in [1.165, 1.54) is 12.2 Å². The molecule has 0 saturated heterocycles. The van der Waals surface area contributed by atoms with E-state index in [9.17, 15) is 29.7 Å². The van der Waals surface area contributed by atoms with E-state index in [1.54, 1.807) is 13.0 Å². The quantitative estimate of drug-likeness (QED) is 0.616. The van der Waals surface area contributed by atoms with Gasteiger partial charge in [-0.2, -0.15) is 0 Å². The Balaban J connectivity index is 1.78. The molecule has 0 aliphatic heterocycles. The van der Waals surface area contributed by atoms with Crippen molar-refractivity contribution < 1.29 is 34.1 Å². The Morgan fingerprint density at radius 3 is 2.61 bits per heavy atom. The number of carbonyl (C=O) groups is 3. The van der Waals surface area contributed by atoms with Gasteiger partial charge in [0.25, 0.3) is 5.78 Å². The van der Waals surface area contributed by atoms with Crippen LogP contribution in [0.25, 0.3) is 0 Å². The average molecular weight is 392 g/mol. The fraction of sp³-hybridized carbons (Fsp3) is 0.667. The van der Waals surface area contributed by atoms with Crippen molar-refractivity contribution in [2.45, 2.75) is 57.4 Å². The number of aliphatic hydroxyl groups excluding tert-OH is 1. The highest BCUT2D eigenvalue weighted by molar-refractivity contribution is 6.36. The molecule has 0 amide bonds. The number of aliphatic hydroxyl groups is 2. The van der Waals surface area contributed by atoms with E-state index in [-0.39, 0.29) is 42.8 Å². The van der Waals surface area contributed by atoms with Crippen LogP contribution in [0.2, 0.25) is 0 Å². The van der Waals surface area contributed by atoms with Gasteiger partial charge in [-0.1, -0.05) is 19.9 Å². The van der Waals surface area contributed by atoms with Crippen LogP contribution in [0.5, 0.6) is 0 Å². The number of carbonyl (C=O) groups excluding carboxylic acids is 2. The largest absolute Gasteiger partial charge is 0.475 e. The van der Waals surface area contributed by atoms with Crippen LogP contribution >= 0.6 is 0 Å². The van der Waals surface area contributed by atoms with E-state index in [0.29, 0.717) is 12.0 Å². The lowest BCUT2D eigenvalue weighted by Crippen LogP contribution is -2.63. The van der Waals surface area contributed by atoms with Crippen molar-refractivity contribution in [1.29, 1.82) is 0 Å². The first kappa shape index (κ1) is 19.5. The Morgan fingerprint density at radius 2 is 1.96 bits per heavy atom. The van der Waals surface area contributed by atoms with E-state index in [1.807, 2.05) is 6.92 Å². The summed E-state index contributed by atoms with van der Waals surface area (Å²) < 4.78 is 15.1. The second-order valence-electron chi connectivity index (χ2n) is 9.34. The lowest BCUT2D eigenvalue weighted by Gasteiger charge is -2.59. The predicted octanol–water partition coefficient (Wildman–Crippen LogP) is 1.60. The number of alkyl halides is 1. The minimum atomic E-state index is -2.07. The van der Waals surface area contributed by atoms with E-state index in [0.717, 1.165) is 0 Å². The third-order valence-electron chi connectivity index (χ3n) is 8.20. The predicted molar refractivity (Wildman–Crippen MR) is 95.9 cm³/mol. The molecule has 3 fully saturated rings. The standard InChI is InChI=1S/C21H25FO6/c1-19-5-3-10(23)7-13(19)14(22)8-11-12-4-6-21(28,17(25)18(26)27)20(12,2)9-15(24)16(11)19/h3,5,7,11-12,14-16,24,28H,4,6,8-9H2,1-2H3,(H,26,27)/t11-,12-,14?,15?,16+,19-,20-,21-/m0/s1. The molecule has 8 atom stereocenters. The zero-order valence-electron chi connectivity index (χ0n) is 15.9. The molecular formula is C21H25FO6. The fourth-order valence-corrected chi connectivity index (χ4v) is 6.89. The number of fused-ring (bicyclic) bond motifs is 5.